The molecule has 2 aromatic carbocycles. The Bertz CT molecular complexity index is 996. The first-order chi connectivity index (χ1) is 12.5. The van der Waals surface area contributed by atoms with E-state index in [1.807, 2.05) is 6.07 Å². The number of hydrogen-bond acceptors (Lipinski definition) is 5. The standard InChI is InChI=1S/C18H11Cl2N5O/c19-12-7-13(20)9-14(8-12)23-18-22-6-5-16(25-18)17(26)24-15-4-2-1-3-11(15)10-21/h1-9H,(H,24,26)(H,22,23,25). The van der Waals surface area contributed by atoms with Crippen molar-refractivity contribution in [3.8, 4) is 6.07 Å². The zero-order valence-electron chi connectivity index (χ0n) is 13.2. The second kappa shape index (κ2) is 7.83. The maximum atomic E-state index is 12.4. The third-order valence-electron chi connectivity index (χ3n) is 3.30. The zero-order valence-corrected chi connectivity index (χ0v) is 14.7. The van der Waals surface area contributed by atoms with Crippen LogP contribution in [0.5, 0.6) is 0 Å². The molecule has 0 unspecified atom stereocenters. The molecule has 6 nitrogen and oxygen atoms in total. The number of benzene rings is 2. The fourth-order valence-electron chi connectivity index (χ4n) is 2.18. The molecule has 0 bridgehead atoms. The van der Waals surface area contributed by atoms with Crippen molar-refractivity contribution >= 4 is 46.4 Å². The van der Waals surface area contributed by atoms with Crippen molar-refractivity contribution in [2.45, 2.75) is 0 Å². The van der Waals surface area contributed by atoms with Crippen LogP contribution in [-0.4, -0.2) is 15.9 Å². The SMILES string of the molecule is N#Cc1ccccc1NC(=O)c1ccnc(Nc2cc(Cl)cc(Cl)c2)n1. The van der Waals surface area contributed by atoms with E-state index < -0.39 is 5.91 Å². The summed E-state index contributed by atoms with van der Waals surface area (Å²) in [6.45, 7) is 0. The molecule has 0 spiro atoms. The van der Waals surface area contributed by atoms with Gasteiger partial charge in [0.15, 0.2) is 0 Å². The number of carbonyl (C=O) groups excluding carboxylic acids is 1. The van der Waals surface area contributed by atoms with Crippen molar-refractivity contribution in [1.82, 2.24) is 9.97 Å². The average Bonchev–Trinajstić information content (AvgIpc) is 2.61. The Labute approximate surface area is 159 Å². The molecule has 1 amide bonds. The van der Waals surface area contributed by atoms with Crippen molar-refractivity contribution in [3.63, 3.8) is 0 Å². The molecular weight excluding hydrogens is 373 g/mol. The molecule has 8 heteroatoms. The lowest BCUT2D eigenvalue weighted by atomic mass is 10.2. The summed E-state index contributed by atoms with van der Waals surface area (Å²) < 4.78 is 0. The van der Waals surface area contributed by atoms with Gasteiger partial charge in [-0.1, -0.05) is 35.3 Å². The Morgan fingerprint density at radius 2 is 1.81 bits per heavy atom. The summed E-state index contributed by atoms with van der Waals surface area (Å²) in [4.78, 5) is 20.7. The molecule has 3 rings (SSSR count). The van der Waals surface area contributed by atoms with Crippen LogP contribution in [0.1, 0.15) is 16.1 Å². The Kier molecular flexibility index (Phi) is 5.32. The fourth-order valence-corrected chi connectivity index (χ4v) is 2.70. The van der Waals surface area contributed by atoms with Gasteiger partial charge in [0.05, 0.1) is 11.3 Å². The molecule has 3 aromatic rings. The number of nitriles is 1. The van der Waals surface area contributed by atoms with E-state index >= 15 is 0 Å². The Hall–Kier alpha value is -3.14. The lowest BCUT2D eigenvalue weighted by Gasteiger charge is -2.09. The van der Waals surface area contributed by atoms with Crippen LogP contribution in [-0.2, 0) is 0 Å². The maximum Gasteiger partial charge on any atom is 0.274 e. The van der Waals surface area contributed by atoms with E-state index in [9.17, 15) is 4.79 Å². The van der Waals surface area contributed by atoms with Gasteiger partial charge in [0.25, 0.3) is 5.91 Å². The van der Waals surface area contributed by atoms with E-state index in [1.165, 1.54) is 12.3 Å². The Morgan fingerprint density at radius 1 is 1.08 bits per heavy atom. The van der Waals surface area contributed by atoms with Crippen LogP contribution in [0.4, 0.5) is 17.3 Å². The van der Waals surface area contributed by atoms with E-state index in [4.69, 9.17) is 28.5 Å². The van der Waals surface area contributed by atoms with E-state index in [0.29, 0.717) is 27.0 Å². The molecule has 1 aromatic heterocycles. The van der Waals surface area contributed by atoms with Crippen LogP contribution >= 0.6 is 23.2 Å². The third-order valence-corrected chi connectivity index (χ3v) is 3.74. The van der Waals surface area contributed by atoms with E-state index in [-0.39, 0.29) is 11.6 Å². The number of rotatable bonds is 4. The summed E-state index contributed by atoms with van der Waals surface area (Å²) in [6, 6.07) is 15.1. The van der Waals surface area contributed by atoms with Gasteiger partial charge >= 0.3 is 0 Å². The maximum absolute atomic E-state index is 12.4. The average molecular weight is 384 g/mol. The number of para-hydroxylation sites is 1. The van der Waals surface area contributed by atoms with Crippen molar-refractivity contribution in [3.05, 3.63) is 76.0 Å². The molecule has 0 radical (unpaired) electrons. The van der Waals surface area contributed by atoms with Crippen LogP contribution in [0, 0.1) is 11.3 Å². The van der Waals surface area contributed by atoms with Crippen LogP contribution in [0.25, 0.3) is 0 Å². The van der Waals surface area contributed by atoms with Crippen LogP contribution in [0.3, 0.4) is 0 Å². The first-order valence-electron chi connectivity index (χ1n) is 7.42. The molecule has 0 aliphatic heterocycles. The third kappa shape index (κ3) is 4.28. The first-order valence-corrected chi connectivity index (χ1v) is 8.17. The predicted octanol–water partition coefficient (Wildman–Crippen LogP) is 4.65. The van der Waals surface area contributed by atoms with Gasteiger partial charge in [0, 0.05) is 21.9 Å². The highest BCUT2D eigenvalue weighted by Crippen LogP contribution is 2.24. The number of hydrogen-bond donors (Lipinski definition) is 2. The molecule has 2 N–H and O–H groups in total. The summed E-state index contributed by atoms with van der Waals surface area (Å²) in [6.07, 6.45) is 1.45. The molecule has 1 heterocycles. The lowest BCUT2D eigenvalue weighted by Crippen LogP contribution is -2.15. The topological polar surface area (TPSA) is 90.7 Å². The minimum absolute atomic E-state index is 0.142. The smallest absolute Gasteiger partial charge is 0.274 e. The summed E-state index contributed by atoms with van der Waals surface area (Å²) in [5.41, 5.74) is 1.51. The highest BCUT2D eigenvalue weighted by atomic mass is 35.5. The van der Waals surface area contributed by atoms with Gasteiger partial charge < -0.3 is 10.6 Å². The highest BCUT2D eigenvalue weighted by molar-refractivity contribution is 6.35. The summed E-state index contributed by atoms with van der Waals surface area (Å²) in [7, 11) is 0. The zero-order chi connectivity index (χ0) is 18.5. The highest BCUT2D eigenvalue weighted by Gasteiger charge is 2.12. The molecule has 0 aliphatic rings. The molecule has 0 fully saturated rings. The molecule has 0 saturated carbocycles. The number of aromatic nitrogens is 2. The van der Waals surface area contributed by atoms with Crippen molar-refractivity contribution < 1.29 is 4.79 Å². The van der Waals surface area contributed by atoms with Crippen LogP contribution in [0.15, 0.2) is 54.7 Å². The number of halogens is 2. The van der Waals surface area contributed by atoms with Crippen molar-refractivity contribution in [2.24, 2.45) is 0 Å². The molecule has 0 saturated heterocycles. The van der Waals surface area contributed by atoms with Crippen molar-refractivity contribution in [1.29, 1.82) is 5.26 Å². The minimum atomic E-state index is -0.456. The van der Waals surface area contributed by atoms with Gasteiger partial charge in [0.2, 0.25) is 5.95 Å². The summed E-state index contributed by atoms with van der Waals surface area (Å²) in [5, 5.41) is 15.6. The van der Waals surface area contributed by atoms with Crippen molar-refractivity contribution in [2.75, 3.05) is 10.6 Å². The van der Waals surface area contributed by atoms with Gasteiger partial charge in [-0.05, 0) is 36.4 Å². The minimum Gasteiger partial charge on any atom is -0.324 e. The largest absolute Gasteiger partial charge is 0.324 e. The predicted molar refractivity (Wildman–Crippen MR) is 101 cm³/mol. The second-order valence-electron chi connectivity index (χ2n) is 5.16. The lowest BCUT2D eigenvalue weighted by molar-refractivity contribution is 0.102. The van der Waals surface area contributed by atoms with Gasteiger partial charge in [-0.15, -0.1) is 0 Å². The van der Waals surface area contributed by atoms with Crippen LogP contribution < -0.4 is 10.6 Å². The van der Waals surface area contributed by atoms with E-state index in [0.717, 1.165) is 0 Å². The van der Waals surface area contributed by atoms with Gasteiger partial charge in [0.1, 0.15) is 11.8 Å². The molecule has 128 valence electrons. The Morgan fingerprint density at radius 3 is 2.54 bits per heavy atom. The number of nitrogens with one attached hydrogen (secondary N) is 2. The fraction of sp³-hybridized carbons (Fsp3) is 0. The molecule has 26 heavy (non-hydrogen) atoms. The van der Waals surface area contributed by atoms with Gasteiger partial charge in [-0.2, -0.15) is 5.26 Å². The number of amides is 1. The molecule has 0 atom stereocenters. The number of nitrogens with zero attached hydrogens (tertiary/aromatic N) is 3. The Balaban J connectivity index is 1.80. The van der Waals surface area contributed by atoms with Gasteiger partial charge in [-0.25, -0.2) is 9.97 Å². The quantitative estimate of drug-likeness (QED) is 0.683. The number of carbonyl (C=O) groups is 1. The van der Waals surface area contributed by atoms with Crippen LogP contribution in [0.2, 0.25) is 10.0 Å². The summed E-state index contributed by atoms with van der Waals surface area (Å²) >= 11 is 11.9. The monoisotopic (exact) mass is 383 g/mol. The second-order valence-corrected chi connectivity index (χ2v) is 6.03. The van der Waals surface area contributed by atoms with E-state index in [2.05, 4.69) is 20.6 Å². The van der Waals surface area contributed by atoms with E-state index in [1.54, 1.807) is 42.5 Å². The summed E-state index contributed by atoms with van der Waals surface area (Å²) in [5.74, 6) is -0.244. The number of anilines is 3. The molecule has 0 aliphatic carbocycles. The van der Waals surface area contributed by atoms with Gasteiger partial charge in [-0.3, -0.25) is 4.79 Å². The molecular formula is C18H11Cl2N5O. The first kappa shape index (κ1) is 17.7. The normalized spacial score (nSPS) is 10.0.